The van der Waals surface area contributed by atoms with E-state index in [2.05, 4.69) is 15.5 Å². The van der Waals surface area contributed by atoms with Gasteiger partial charge in [0.25, 0.3) is 0 Å². The number of benzene rings is 1. The lowest BCUT2D eigenvalue weighted by Gasteiger charge is -2.00. The zero-order chi connectivity index (χ0) is 12.3. The van der Waals surface area contributed by atoms with Crippen LogP contribution in [0.2, 0.25) is 0 Å². The number of hydrogen-bond acceptors (Lipinski definition) is 4. The maximum absolute atomic E-state index is 13.3. The molecule has 0 atom stereocenters. The number of hydrogen-bond donors (Lipinski definition) is 1. The molecule has 1 N–H and O–H groups in total. The molecule has 0 aliphatic heterocycles. The van der Waals surface area contributed by atoms with Gasteiger partial charge in [0.15, 0.2) is 5.82 Å². The van der Waals surface area contributed by atoms with Gasteiger partial charge < -0.3 is 9.84 Å². The van der Waals surface area contributed by atoms with Gasteiger partial charge >= 0.3 is 0 Å². The third kappa shape index (κ3) is 2.65. The molecule has 0 saturated heterocycles. The van der Waals surface area contributed by atoms with Crippen molar-refractivity contribution >= 4 is 0 Å². The van der Waals surface area contributed by atoms with E-state index in [0.29, 0.717) is 12.4 Å². The van der Waals surface area contributed by atoms with Crippen LogP contribution in [-0.2, 0) is 13.0 Å². The maximum Gasteiger partial charge on any atom is 0.231 e. The minimum absolute atomic E-state index is 0.0464. The average molecular weight is 239 g/mol. The summed E-state index contributed by atoms with van der Waals surface area (Å²) in [5.74, 6) is -0.574. The highest BCUT2D eigenvalue weighted by atomic mass is 19.1. The minimum Gasteiger partial charge on any atom is -0.339 e. The number of rotatable bonds is 4. The van der Waals surface area contributed by atoms with Crippen molar-refractivity contribution in [1.82, 2.24) is 15.5 Å². The summed E-state index contributed by atoms with van der Waals surface area (Å²) < 4.78 is 31.6. The molecule has 0 aliphatic carbocycles. The van der Waals surface area contributed by atoms with E-state index in [1.807, 2.05) is 0 Å². The van der Waals surface area contributed by atoms with Gasteiger partial charge in [0, 0.05) is 5.56 Å². The molecule has 2 rings (SSSR count). The zero-order valence-corrected chi connectivity index (χ0v) is 9.20. The van der Waals surface area contributed by atoms with Crippen LogP contribution in [0.25, 0.3) is 0 Å². The third-order valence-electron chi connectivity index (χ3n) is 2.23. The number of aromatic nitrogens is 2. The van der Waals surface area contributed by atoms with Crippen molar-refractivity contribution in [3.8, 4) is 0 Å². The van der Waals surface area contributed by atoms with E-state index in [9.17, 15) is 8.78 Å². The van der Waals surface area contributed by atoms with Gasteiger partial charge in [0.05, 0.1) is 13.0 Å². The van der Waals surface area contributed by atoms with Crippen molar-refractivity contribution in [3.63, 3.8) is 0 Å². The fourth-order valence-electron chi connectivity index (χ4n) is 1.44. The Morgan fingerprint density at radius 3 is 2.65 bits per heavy atom. The van der Waals surface area contributed by atoms with Gasteiger partial charge in [-0.1, -0.05) is 11.2 Å². The first-order valence-corrected chi connectivity index (χ1v) is 5.09. The van der Waals surface area contributed by atoms with Crippen LogP contribution in [0.3, 0.4) is 0 Å². The van der Waals surface area contributed by atoms with Crippen LogP contribution in [0.5, 0.6) is 0 Å². The second-order valence-electron chi connectivity index (χ2n) is 3.51. The SMILES string of the molecule is CNCc1noc(Cc2c(F)cccc2F)n1. The lowest BCUT2D eigenvalue weighted by molar-refractivity contribution is 0.375. The van der Waals surface area contributed by atoms with E-state index in [1.165, 1.54) is 18.2 Å². The van der Waals surface area contributed by atoms with E-state index in [0.717, 1.165) is 0 Å². The Bertz CT molecular complexity index is 493. The van der Waals surface area contributed by atoms with Gasteiger partial charge in [-0.05, 0) is 19.2 Å². The Balaban J connectivity index is 2.19. The largest absolute Gasteiger partial charge is 0.339 e. The van der Waals surface area contributed by atoms with E-state index in [4.69, 9.17) is 4.52 Å². The average Bonchev–Trinajstić information content (AvgIpc) is 2.72. The van der Waals surface area contributed by atoms with Crippen molar-refractivity contribution in [2.45, 2.75) is 13.0 Å². The van der Waals surface area contributed by atoms with Crippen LogP contribution in [0, 0.1) is 11.6 Å². The van der Waals surface area contributed by atoms with Crippen molar-refractivity contribution in [1.29, 1.82) is 0 Å². The van der Waals surface area contributed by atoms with E-state index >= 15 is 0 Å². The first kappa shape index (κ1) is 11.7. The summed E-state index contributed by atoms with van der Waals surface area (Å²) in [5.41, 5.74) is -0.0628. The smallest absolute Gasteiger partial charge is 0.231 e. The van der Waals surface area contributed by atoms with Gasteiger partial charge in [-0.15, -0.1) is 0 Å². The fourth-order valence-corrected chi connectivity index (χ4v) is 1.44. The first-order valence-electron chi connectivity index (χ1n) is 5.09. The second kappa shape index (κ2) is 5.01. The van der Waals surface area contributed by atoms with Gasteiger partial charge in [0.1, 0.15) is 11.6 Å². The molecular formula is C11H11F2N3O. The first-order chi connectivity index (χ1) is 8.20. The summed E-state index contributed by atoms with van der Waals surface area (Å²) in [7, 11) is 1.74. The fraction of sp³-hybridized carbons (Fsp3) is 0.273. The van der Waals surface area contributed by atoms with E-state index < -0.39 is 11.6 Å². The van der Waals surface area contributed by atoms with Crippen LogP contribution in [0.15, 0.2) is 22.7 Å². The standard InChI is InChI=1S/C11H11F2N3O/c1-14-6-10-15-11(17-16-10)5-7-8(12)3-2-4-9(7)13/h2-4,14H,5-6H2,1H3. The molecule has 0 saturated carbocycles. The molecule has 1 heterocycles. The van der Waals surface area contributed by atoms with Crippen LogP contribution in [-0.4, -0.2) is 17.2 Å². The van der Waals surface area contributed by atoms with Gasteiger partial charge in [-0.3, -0.25) is 0 Å². The summed E-state index contributed by atoms with van der Waals surface area (Å²) in [6.45, 7) is 0.448. The molecule has 0 spiro atoms. The highest BCUT2D eigenvalue weighted by Crippen LogP contribution is 2.15. The lowest BCUT2D eigenvalue weighted by atomic mass is 10.1. The Labute approximate surface area is 96.6 Å². The molecule has 0 radical (unpaired) electrons. The van der Waals surface area contributed by atoms with Gasteiger partial charge in [0.2, 0.25) is 5.89 Å². The molecule has 1 aromatic carbocycles. The molecule has 4 nitrogen and oxygen atoms in total. The molecule has 0 aliphatic rings. The Kier molecular flexibility index (Phi) is 3.43. The van der Waals surface area contributed by atoms with Gasteiger partial charge in [-0.2, -0.15) is 4.98 Å². The normalized spacial score (nSPS) is 10.8. The molecule has 17 heavy (non-hydrogen) atoms. The van der Waals surface area contributed by atoms with Crippen LogP contribution in [0.1, 0.15) is 17.3 Å². The summed E-state index contributed by atoms with van der Waals surface area (Å²) in [5, 5.41) is 6.52. The second-order valence-corrected chi connectivity index (χ2v) is 3.51. The summed E-state index contributed by atoms with van der Waals surface area (Å²) in [6.07, 6.45) is -0.0464. The highest BCUT2D eigenvalue weighted by Gasteiger charge is 2.13. The predicted molar refractivity (Wildman–Crippen MR) is 56.2 cm³/mol. The third-order valence-corrected chi connectivity index (χ3v) is 2.23. The van der Waals surface area contributed by atoms with Crippen molar-refractivity contribution in [3.05, 3.63) is 47.1 Å². The van der Waals surface area contributed by atoms with Crippen molar-refractivity contribution in [2.75, 3.05) is 7.05 Å². The van der Waals surface area contributed by atoms with Crippen LogP contribution < -0.4 is 5.32 Å². The van der Waals surface area contributed by atoms with Crippen molar-refractivity contribution < 1.29 is 13.3 Å². The molecular weight excluding hydrogens is 228 g/mol. The molecule has 0 amide bonds. The van der Waals surface area contributed by atoms with Crippen molar-refractivity contribution in [2.24, 2.45) is 0 Å². The molecule has 1 aromatic heterocycles. The number of nitrogens with zero attached hydrogens (tertiary/aromatic N) is 2. The molecule has 90 valence electrons. The molecule has 6 heteroatoms. The summed E-state index contributed by atoms with van der Waals surface area (Å²) in [4.78, 5) is 4.00. The molecule has 0 unspecified atom stereocenters. The van der Waals surface area contributed by atoms with Crippen LogP contribution >= 0.6 is 0 Å². The zero-order valence-electron chi connectivity index (χ0n) is 9.20. The predicted octanol–water partition coefficient (Wildman–Crippen LogP) is 1.66. The monoisotopic (exact) mass is 239 g/mol. The maximum atomic E-state index is 13.3. The molecule has 0 fully saturated rings. The quantitative estimate of drug-likeness (QED) is 0.881. The Morgan fingerprint density at radius 1 is 1.29 bits per heavy atom. The van der Waals surface area contributed by atoms with E-state index in [1.54, 1.807) is 7.05 Å². The number of nitrogens with one attached hydrogen (secondary N) is 1. The van der Waals surface area contributed by atoms with Crippen LogP contribution in [0.4, 0.5) is 8.78 Å². The van der Waals surface area contributed by atoms with Gasteiger partial charge in [-0.25, -0.2) is 8.78 Å². The molecule has 2 aromatic rings. The summed E-state index contributed by atoms with van der Waals surface area (Å²) in [6, 6.07) is 3.71. The highest BCUT2D eigenvalue weighted by molar-refractivity contribution is 5.22. The lowest BCUT2D eigenvalue weighted by Crippen LogP contribution is -2.06. The van der Waals surface area contributed by atoms with E-state index in [-0.39, 0.29) is 17.9 Å². The number of halogens is 2. The minimum atomic E-state index is -0.613. The topological polar surface area (TPSA) is 51.0 Å². The Hall–Kier alpha value is -1.82. The summed E-state index contributed by atoms with van der Waals surface area (Å²) >= 11 is 0. The Morgan fingerprint density at radius 2 is 2.00 bits per heavy atom. The molecule has 0 bridgehead atoms.